The molecule has 1 saturated carbocycles. The Kier molecular flexibility index (Phi) is 4.04. The van der Waals surface area contributed by atoms with Crippen LogP contribution in [0.2, 0.25) is 5.02 Å². The monoisotopic (exact) mass is 405 g/mol. The van der Waals surface area contributed by atoms with E-state index >= 15 is 0 Å². The lowest BCUT2D eigenvalue weighted by Gasteiger charge is -2.60. The number of fused-ring (bicyclic) bond motifs is 1. The fourth-order valence-electron chi connectivity index (χ4n) is 4.64. The number of nitrogens with one attached hydrogen (secondary N) is 1. The fourth-order valence-corrected chi connectivity index (χ4v) is 4.90. The fraction of sp³-hybridized carbons (Fsp3) is 0.318. The molecule has 3 heterocycles. The minimum Gasteiger partial charge on any atom is -0.356 e. The van der Waals surface area contributed by atoms with Crippen molar-refractivity contribution < 1.29 is 4.79 Å². The molecule has 7 heteroatoms. The molecule has 2 aromatic heterocycles. The molecule has 1 saturated heterocycles. The lowest BCUT2D eigenvalue weighted by molar-refractivity contribution is -0.0541. The van der Waals surface area contributed by atoms with Gasteiger partial charge < -0.3 is 14.8 Å². The van der Waals surface area contributed by atoms with Gasteiger partial charge in [-0.1, -0.05) is 17.5 Å². The summed E-state index contributed by atoms with van der Waals surface area (Å²) < 4.78 is 0. The number of anilines is 1. The van der Waals surface area contributed by atoms with Crippen LogP contribution in [0.25, 0.3) is 11.0 Å². The summed E-state index contributed by atoms with van der Waals surface area (Å²) in [7, 11) is 2.08. The summed E-state index contributed by atoms with van der Waals surface area (Å²) in [5.74, 6) is 3.46. The standard InChI is InChI=1S/C22H20ClN5O/c1-3-14-4-5-16(18(23)8-14)21(29)28-11-22(12-28)9-15(10-22)27(2)20-17-6-7-24-19(17)25-13-26-20/h1,4-8,13,15H,9-12H2,2H3,(H,24,25,26). The first-order valence-electron chi connectivity index (χ1n) is 9.56. The summed E-state index contributed by atoms with van der Waals surface area (Å²) in [6.45, 7) is 1.54. The number of rotatable bonds is 3. The predicted molar refractivity (Wildman–Crippen MR) is 113 cm³/mol. The Hall–Kier alpha value is -3.04. The van der Waals surface area contributed by atoms with Gasteiger partial charge in [-0.15, -0.1) is 6.42 Å². The molecule has 1 aliphatic carbocycles. The Bertz CT molecular complexity index is 1150. The second kappa shape index (κ2) is 6.50. The van der Waals surface area contributed by atoms with E-state index < -0.39 is 0 Å². The number of hydrogen-bond donors (Lipinski definition) is 1. The molecule has 2 aliphatic rings. The Morgan fingerprint density at radius 2 is 2.14 bits per heavy atom. The highest BCUT2D eigenvalue weighted by Gasteiger charge is 2.55. The molecule has 5 rings (SSSR count). The van der Waals surface area contributed by atoms with Crippen LogP contribution in [-0.4, -0.2) is 51.9 Å². The largest absolute Gasteiger partial charge is 0.356 e. The molecule has 1 aliphatic heterocycles. The van der Waals surface area contributed by atoms with Crippen LogP contribution in [0.5, 0.6) is 0 Å². The van der Waals surface area contributed by atoms with Gasteiger partial charge in [0, 0.05) is 43.4 Å². The summed E-state index contributed by atoms with van der Waals surface area (Å²) in [6.07, 6.45) is 11.0. The average molecular weight is 406 g/mol. The van der Waals surface area contributed by atoms with E-state index in [0.717, 1.165) is 42.8 Å². The molecule has 1 amide bonds. The van der Waals surface area contributed by atoms with Crippen molar-refractivity contribution in [2.24, 2.45) is 5.41 Å². The lowest BCUT2D eigenvalue weighted by Crippen LogP contribution is -2.67. The maximum Gasteiger partial charge on any atom is 0.255 e. The minimum atomic E-state index is -0.0224. The summed E-state index contributed by atoms with van der Waals surface area (Å²) in [5.41, 5.74) is 2.26. The van der Waals surface area contributed by atoms with Gasteiger partial charge in [-0.3, -0.25) is 4.79 Å². The third-order valence-corrected chi connectivity index (χ3v) is 6.57. The van der Waals surface area contributed by atoms with Crippen molar-refractivity contribution >= 4 is 34.4 Å². The molecule has 29 heavy (non-hydrogen) atoms. The van der Waals surface area contributed by atoms with Crippen LogP contribution in [0.4, 0.5) is 5.82 Å². The minimum absolute atomic E-state index is 0.0224. The quantitative estimate of drug-likeness (QED) is 0.679. The van der Waals surface area contributed by atoms with Crippen molar-refractivity contribution in [1.29, 1.82) is 0 Å². The Balaban J connectivity index is 1.23. The summed E-state index contributed by atoms with van der Waals surface area (Å²) in [5, 5.41) is 1.45. The first-order valence-corrected chi connectivity index (χ1v) is 9.94. The van der Waals surface area contributed by atoms with Gasteiger partial charge in [-0.05, 0) is 37.1 Å². The maximum absolute atomic E-state index is 12.8. The molecule has 0 radical (unpaired) electrons. The van der Waals surface area contributed by atoms with Gasteiger partial charge in [-0.25, -0.2) is 9.97 Å². The van der Waals surface area contributed by atoms with Gasteiger partial charge in [0.05, 0.1) is 16.0 Å². The molecule has 1 spiro atoms. The maximum atomic E-state index is 12.8. The van der Waals surface area contributed by atoms with Crippen molar-refractivity contribution in [1.82, 2.24) is 19.9 Å². The highest BCUT2D eigenvalue weighted by atomic mass is 35.5. The molecule has 146 valence electrons. The lowest BCUT2D eigenvalue weighted by atomic mass is 9.60. The van der Waals surface area contributed by atoms with E-state index in [1.807, 2.05) is 17.2 Å². The topological polar surface area (TPSA) is 65.1 Å². The summed E-state index contributed by atoms with van der Waals surface area (Å²) in [4.78, 5) is 28.8. The Morgan fingerprint density at radius 1 is 1.34 bits per heavy atom. The number of likely N-dealkylation sites (tertiary alicyclic amines) is 1. The van der Waals surface area contributed by atoms with Gasteiger partial charge >= 0.3 is 0 Å². The van der Waals surface area contributed by atoms with E-state index in [1.54, 1.807) is 24.5 Å². The van der Waals surface area contributed by atoms with Crippen LogP contribution in [0, 0.1) is 17.8 Å². The van der Waals surface area contributed by atoms with Crippen molar-refractivity contribution in [3.05, 3.63) is 52.9 Å². The molecule has 1 N–H and O–H groups in total. The number of carbonyl (C=O) groups excluding carboxylic acids is 1. The molecule has 3 aromatic rings. The van der Waals surface area contributed by atoms with Crippen molar-refractivity contribution in [2.75, 3.05) is 25.0 Å². The number of benzene rings is 1. The van der Waals surface area contributed by atoms with E-state index in [2.05, 4.69) is 32.8 Å². The number of amides is 1. The number of aromatic amines is 1. The number of halogens is 1. The normalized spacial score (nSPS) is 17.6. The molecule has 0 bridgehead atoms. The van der Waals surface area contributed by atoms with Crippen LogP contribution >= 0.6 is 11.6 Å². The second-order valence-corrected chi connectivity index (χ2v) is 8.52. The first-order chi connectivity index (χ1) is 14.0. The zero-order valence-corrected chi connectivity index (χ0v) is 16.8. The van der Waals surface area contributed by atoms with E-state index in [1.165, 1.54) is 0 Å². The first kappa shape index (κ1) is 18.0. The van der Waals surface area contributed by atoms with Crippen LogP contribution in [-0.2, 0) is 0 Å². The van der Waals surface area contributed by atoms with Crippen molar-refractivity contribution in [3.8, 4) is 12.3 Å². The van der Waals surface area contributed by atoms with Crippen LogP contribution in [0.1, 0.15) is 28.8 Å². The highest BCUT2D eigenvalue weighted by molar-refractivity contribution is 6.34. The number of terminal acetylenes is 1. The third-order valence-electron chi connectivity index (χ3n) is 6.26. The zero-order valence-electron chi connectivity index (χ0n) is 16.0. The Morgan fingerprint density at radius 3 is 2.86 bits per heavy atom. The molecule has 0 atom stereocenters. The zero-order chi connectivity index (χ0) is 20.2. The second-order valence-electron chi connectivity index (χ2n) is 8.11. The van der Waals surface area contributed by atoms with Crippen molar-refractivity contribution in [3.63, 3.8) is 0 Å². The molecular formula is C22H20ClN5O. The molecule has 0 unspecified atom stereocenters. The number of carbonyl (C=O) groups is 1. The predicted octanol–water partition coefficient (Wildman–Crippen LogP) is 3.33. The highest BCUT2D eigenvalue weighted by Crippen LogP contribution is 2.51. The summed E-state index contributed by atoms with van der Waals surface area (Å²) in [6, 6.07) is 7.57. The van der Waals surface area contributed by atoms with E-state index in [-0.39, 0.29) is 11.3 Å². The van der Waals surface area contributed by atoms with E-state index in [4.69, 9.17) is 18.0 Å². The molecular weight excluding hydrogens is 386 g/mol. The van der Waals surface area contributed by atoms with Crippen LogP contribution < -0.4 is 4.90 Å². The number of aromatic nitrogens is 3. The van der Waals surface area contributed by atoms with Gasteiger partial charge in [0.1, 0.15) is 17.8 Å². The average Bonchev–Trinajstić information content (AvgIpc) is 3.14. The van der Waals surface area contributed by atoms with E-state index in [0.29, 0.717) is 22.2 Å². The van der Waals surface area contributed by atoms with E-state index in [9.17, 15) is 4.79 Å². The number of hydrogen-bond acceptors (Lipinski definition) is 4. The van der Waals surface area contributed by atoms with Crippen molar-refractivity contribution in [2.45, 2.75) is 18.9 Å². The van der Waals surface area contributed by atoms with Crippen LogP contribution in [0.15, 0.2) is 36.8 Å². The molecule has 2 fully saturated rings. The molecule has 6 nitrogen and oxygen atoms in total. The SMILES string of the molecule is C#Cc1ccc(C(=O)N2CC3(CC(N(C)c4ncnc5[nH]ccc45)C3)C2)c(Cl)c1. The van der Waals surface area contributed by atoms with Gasteiger partial charge in [0.2, 0.25) is 0 Å². The van der Waals surface area contributed by atoms with Gasteiger partial charge in [0.25, 0.3) is 5.91 Å². The number of nitrogens with zero attached hydrogens (tertiary/aromatic N) is 4. The smallest absolute Gasteiger partial charge is 0.255 e. The van der Waals surface area contributed by atoms with Gasteiger partial charge in [0.15, 0.2) is 0 Å². The summed E-state index contributed by atoms with van der Waals surface area (Å²) >= 11 is 6.25. The number of H-pyrrole nitrogens is 1. The third kappa shape index (κ3) is 2.85. The van der Waals surface area contributed by atoms with Crippen LogP contribution in [0.3, 0.4) is 0 Å². The molecule has 1 aromatic carbocycles. The Labute approximate surface area is 173 Å². The van der Waals surface area contributed by atoms with Gasteiger partial charge in [-0.2, -0.15) is 0 Å².